The van der Waals surface area contributed by atoms with E-state index in [-0.39, 0.29) is 18.0 Å². The fourth-order valence-electron chi connectivity index (χ4n) is 1.68. The molecule has 9 heteroatoms. The van der Waals surface area contributed by atoms with Crippen molar-refractivity contribution < 1.29 is 9.72 Å². The Morgan fingerprint density at radius 3 is 2.90 bits per heavy atom. The third-order valence-corrected chi connectivity index (χ3v) is 2.67. The fraction of sp³-hybridized carbons (Fsp3) is 0.250. The number of hydrogen-bond donors (Lipinski definition) is 3. The van der Waals surface area contributed by atoms with Crippen molar-refractivity contribution in [3.63, 3.8) is 0 Å². The molecular weight excluding hydrogens is 276 g/mol. The zero-order chi connectivity index (χ0) is 15.2. The number of anilines is 2. The number of aromatic amines is 1. The molecule has 0 atom stereocenters. The first-order valence-corrected chi connectivity index (χ1v) is 6.21. The standard InChI is InChI=1S/C12H14N6O3/c1-8-9(18(20)21)2-3-10(16-8)13-5-4-11(19)17-12-14-6-7-15-12/h2-3,6-7H,4-5H2,1H3,(H,13,16)(H2,14,15,17,19). The molecule has 2 rings (SSSR count). The number of aryl methyl sites for hydroxylation is 1. The first-order valence-electron chi connectivity index (χ1n) is 6.21. The molecule has 3 N–H and O–H groups in total. The van der Waals surface area contributed by atoms with Crippen LogP contribution in [0.25, 0.3) is 0 Å². The van der Waals surface area contributed by atoms with Gasteiger partial charge in [-0.1, -0.05) is 0 Å². The van der Waals surface area contributed by atoms with Crippen LogP contribution in [0.3, 0.4) is 0 Å². The number of nitro groups is 1. The van der Waals surface area contributed by atoms with Crippen LogP contribution in [0.4, 0.5) is 17.5 Å². The molecule has 2 aromatic heterocycles. The average Bonchev–Trinajstić information content (AvgIpc) is 2.91. The summed E-state index contributed by atoms with van der Waals surface area (Å²) in [7, 11) is 0. The summed E-state index contributed by atoms with van der Waals surface area (Å²) in [6.45, 7) is 1.92. The Kier molecular flexibility index (Phi) is 4.44. The number of hydrogen-bond acceptors (Lipinski definition) is 6. The van der Waals surface area contributed by atoms with Crippen molar-refractivity contribution in [3.8, 4) is 0 Å². The number of imidazole rings is 1. The molecule has 0 unspecified atom stereocenters. The molecule has 0 spiro atoms. The van der Waals surface area contributed by atoms with Crippen LogP contribution in [0.15, 0.2) is 24.5 Å². The van der Waals surface area contributed by atoms with Crippen LogP contribution in [0.2, 0.25) is 0 Å². The van der Waals surface area contributed by atoms with E-state index in [1.807, 2.05) is 0 Å². The number of nitrogens with zero attached hydrogens (tertiary/aromatic N) is 3. The summed E-state index contributed by atoms with van der Waals surface area (Å²) in [5.41, 5.74) is 0.293. The van der Waals surface area contributed by atoms with Gasteiger partial charge >= 0.3 is 0 Å². The Morgan fingerprint density at radius 1 is 1.48 bits per heavy atom. The third kappa shape index (κ3) is 4.00. The van der Waals surface area contributed by atoms with E-state index in [1.54, 1.807) is 13.1 Å². The highest BCUT2D eigenvalue weighted by Gasteiger charge is 2.11. The van der Waals surface area contributed by atoms with Crippen LogP contribution in [-0.4, -0.2) is 32.3 Å². The maximum absolute atomic E-state index is 11.6. The molecule has 0 aliphatic rings. The van der Waals surface area contributed by atoms with Crippen LogP contribution in [0.5, 0.6) is 0 Å². The van der Waals surface area contributed by atoms with Crippen molar-refractivity contribution >= 4 is 23.4 Å². The normalized spacial score (nSPS) is 10.1. The molecule has 2 heterocycles. The number of rotatable bonds is 6. The van der Waals surface area contributed by atoms with Crippen molar-refractivity contribution in [2.24, 2.45) is 0 Å². The molecule has 0 saturated carbocycles. The van der Waals surface area contributed by atoms with E-state index >= 15 is 0 Å². The summed E-state index contributed by atoms with van der Waals surface area (Å²) in [6, 6.07) is 2.89. The Labute approximate surface area is 120 Å². The lowest BCUT2D eigenvalue weighted by atomic mass is 10.3. The second-order valence-corrected chi connectivity index (χ2v) is 4.22. The summed E-state index contributed by atoms with van der Waals surface area (Å²) in [4.78, 5) is 32.5. The van der Waals surface area contributed by atoms with E-state index in [1.165, 1.54) is 18.3 Å². The number of H-pyrrole nitrogens is 1. The second kappa shape index (κ2) is 6.46. The number of carbonyl (C=O) groups excluding carboxylic acids is 1. The summed E-state index contributed by atoms with van der Waals surface area (Å²) >= 11 is 0. The van der Waals surface area contributed by atoms with Crippen molar-refractivity contribution in [2.75, 3.05) is 17.2 Å². The molecule has 1 amide bonds. The van der Waals surface area contributed by atoms with E-state index in [9.17, 15) is 14.9 Å². The lowest BCUT2D eigenvalue weighted by molar-refractivity contribution is -0.385. The molecule has 110 valence electrons. The predicted molar refractivity (Wildman–Crippen MR) is 76.0 cm³/mol. The predicted octanol–water partition coefficient (Wildman–Crippen LogP) is 1.46. The minimum atomic E-state index is -0.483. The topological polar surface area (TPSA) is 126 Å². The van der Waals surface area contributed by atoms with Crippen LogP contribution in [0, 0.1) is 17.0 Å². The van der Waals surface area contributed by atoms with Gasteiger partial charge in [-0.2, -0.15) is 0 Å². The zero-order valence-corrected chi connectivity index (χ0v) is 11.3. The van der Waals surface area contributed by atoms with Gasteiger partial charge in [0.25, 0.3) is 5.69 Å². The molecule has 0 bridgehead atoms. The van der Waals surface area contributed by atoms with Gasteiger partial charge in [0, 0.05) is 31.4 Å². The van der Waals surface area contributed by atoms with Crippen molar-refractivity contribution in [2.45, 2.75) is 13.3 Å². The highest BCUT2D eigenvalue weighted by atomic mass is 16.6. The van der Waals surface area contributed by atoms with E-state index < -0.39 is 4.92 Å². The fourth-order valence-corrected chi connectivity index (χ4v) is 1.68. The molecule has 0 aliphatic carbocycles. The summed E-state index contributed by atoms with van der Waals surface area (Å²) in [6.07, 6.45) is 3.37. The van der Waals surface area contributed by atoms with Gasteiger partial charge in [0.15, 0.2) is 0 Å². The van der Waals surface area contributed by atoms with Gasteiger partial charge in [-0.3, -0.25) is 20.2 Å². The van der Waals surface area contributed by atoms with Crippen molar-refractivity contribution in [1.82, 2.24) is 15.0 Å². The Balaban J connectivity index is 1.82. The first-order chi connectivity index (χ1) is 10.1. The molecule has 0 radical (unpaired) electrons. The van der Waals surface area contributed by atoms with E-state index in [2.05, 4.69) is 25.6 Å². The molecule has 0 aromatic carbocycles. The van der Waals surface area contributed by atoms with Crippen LogP contribution in [-0.2, 0) is 4.79 Å². The highest BCUT2D eigenvalue weighted by molar-refractivity contribution is 5.89. The lowest BCUT2D eigenvalue weighted by Gasteiger charge is -2.06. The molecule has 2 aromatic rings. The van der Waals surface area contributed by atoms with Gasteiger partial charge in [-0.15, -0.1) is 0 Å². The van der Waals surface area contributed by atoms with Gasteiger partial charge < -0.3 is 10.3 Å². The maximum atomic E-state index is 11.6. The maximum Gasteiger partial charge on any atom is 0.290 e. The van der Waals surface area contributed by atoms with Crippen LogP contribution >= 0.6 is 0 Å². The molecular formula is C12H14N6O3. The summed E-state index contributed by atoms with van der Waals surface area (Å²) < 4.78 is 0. The van der Waals surface area contributed by atoms with Crippen molar-refractivity contribution in [3.05, 3.63) is 40.3 Å². The number of amides is 1. The van der Waals surface area contributed by atoms with E-state index in [4.69, 9.17) is 0 Å². The molecule has 0 saturated heterocycles. The number of carbonyl (C=O) groups is 1. The van der Waals surface area contributed by atoms with Crippen LogP contribution < -0.4 is 10.6 Å². The lowest BCUT2D eigenvalue weighted by Crippen LogP contribution is -2.17. The van der Waals surface area contributed by atoms with Gasteiger partial charge in [-0.05, 0) is 13.0 Å². The number of aromatic nitrogens is 3. The Hall–Kier alpha value is -2.97. The van der Waals surface area contributed by atoms with Gasteiger partial charge in [0.1, 0.15) is 11.5 Å². The molecule has 0 aliphatic heterocycles. The smallest absolute Gasteiger partial charge is 0.290 e. The largest absolute Gasteiger partial charge is 0.370 e. The minimum absolute atomic E-state index is 0.0314. The molecule has 0 fully saturated rings. The SMILES string of the molecule is Cc1nc(NCCC(=O)Nc2ncc[nH]2)ccc1[N+](=O)[O-]. The second-order valence-electron chi connectivity index (χ2n) is 4.22. The Bertz CT molecular complexity index is 640. The monoisotopic (exact) mass is 290 g/mol. The van der Waals surface area contributed by atoms with Gasteiger partial charge in [0.2, 0.25) is 11.9 Å². The van der Waals surface area contributed by atoms with Gasteiger partial charge in [-0.25, -0.2) is 9.97 Å². The van der Waals surface area contributed by atoms with E-state index in [0.717, 1.165) is 0 Å². The number of nitrogens with one attached hydrogen (secondary N) is 3. The van der Waals surface area contributed by atoms with Crippen LogP contribution in [0.1, 0.15) is 12.1 Å². The Morgan fingerprint density at radius 2 is 2.29 bits per heavy atom. The minimum Gasteiger partial charge on any atom is -0.370 e. The summed E-state index contributed by atoms with van der Waals surface area (Å²) in [5.74, 6) is 0.685. The highest BCUT2D eigenvalue weighted by Crippen LogP contribution is 2.17. The zero-order valence-electron chi connectivity index (χ0n) is 11.3. The summed E-state index contributed by atoms with van der Waals surface area (Å²) in [5, 5.41) is 16.2. The first kappa shape index (κ1) is 14.4. The van der Waals surface area contributed by atoms with E-state index in [0.29, 0.717) is 24.0 Å². The molecule has 9 nitrogen and oxygen atoms in total. The van der Waals surface area contributed by atoms with Crippen molar-refractivity contribution in [1.29, 1.82) is 0 Å². The average molecular weight is 290 g/mol. The number of pyridine rings is 1. The van der Waals surface area contributed by atoms with Gasteiger partial charge in [0.05, 0.1) is 4.92 Å². The third-order valence-electron chi connectivity index (χ3n) is 2.67. The molecule has 21 heavy (non-hydrogen) atoms. The quantitative estimate of drug-likeness (QED) is 0.546.